The number of aromatic amines is 1. The third-order valence-corrected chi connectivity index (χ3v) is 4.85. The van der Waals surface area contributed by atoms with Gasteiger partial charge in [-0.1, -0.05) is 0 Å². The van der Waals surface area contributed by atoms with E-state index >= 15 is 0 Å². The number of ether oxygens (including phenoxy) is 6. The van der Waals surface area contributed by atoms with Gasteiger partial charge in [-0.25, -0.2) is 5.10 Å². The average molecular weight is 461 g/mol. The molecular formula is C21H24N4O6S. The standard InChI is InChI=1S/C21H24N4O6S/c1-26-14-7-12(8-15(27-2)18(14)30-5)11-22-25-20(23-24-21(25)32)13-9-16(28-3)19(31-6)17(10-13)29-4/h7-11H,1-6H3,(H,24,32)/b22-11+. The highest BCUT2D eigenvalue weighted by molar-refractivity contribution is 7.71. The number of hydrogen-bond acceptors (Lipinski definition) is 9. The molecule has 170 valence electrons. The van der Waals surface area contributed by atoms with E-state index in [0.717, 1.165) is 0 Å². The average Bonchev–Trinajstić information content (AvgIpc) is 3.20. The Morgan fingerprint density at radius 2 is 1.25 bits per heavy atom. The highest BCUT2D eigenvalue weighted by atomic mass is 32.1. The molecule has 0 fully saturated rings. The van der Waals surface area contributed by atoms with Gasteiger partial charge in [-0.05, 0) is 36.5 Å². The van der Waals surface area contributed by atoms with Crippen LogP contribution in [0.1, 0.15) is 5.56 Å². The Hall–Kier alpha value is -3.73. The summed E-state index contributed by atoms with van der Waals surface area (Å²) in [6.45, 7) is 0. The van der Waals surface area contributed by atoms with Crippen LogP contribution in [0.5, 0.6) is 34.5 Å². The topological polar surface area (TPSA) is 101 Å². The van der Waals surface area contributed by atoms with Gasteiger partial charge in [-0.2, -0.15) is 14.9 Å². The maximum absolute atomic E-state index is 5.43. The summed E-state index contributed by atoms with van der Waals surface area (Å²) >= 11 is 5.37. The predicted octanol–water partition coefficient (Wildman–Crippen LogP) is 3.54. The number of hydrogen-bond donors (Lipinski definition) is 1. The molecule has 10 nitrogen and oxygen atoms in total. The number of H-pyrrole nitrogens is 1. The number of nitrogens with one attached hydrogen (secondary N) is 1. The number of aromatic nitrogens is 3. The van der Waals surface area contributed by atoms with Crippen molar-refractivity contribution in [2.75, 3.05) is 42.7 Å². The molecule has 3 aromatic rings. The lowest BCUT2D eigenvalue weighted by molar-refractivity contribution is 0.324. The van der Waals surface area contributed by atoms with Crippen LogP contribution in [0.25, 0.3) is 11.4 Å². The van der Waals surface area contributed by atoms with Crippen molar-refractivity contribution in [2.24, 2.45) is 5.10 Å². The van der Waals surface area contributed by atoms with Crippen LogP contribution in [0.4, 0.5) is 0 Å². The van der Waals surface area contributed by atoms with Crippen molar-refractivity contribution in [1.82, 2.24) is 14.9 Å². The zero-order chi connectivity index (χ0) is 23.3. The molecule has 0 spiro atoms. The second-order valence-electron chi connectivity index (χ2n) is 6.28. The minimum Gasteiger partial charge on any atom is -0.493 e. The fourth-order valence-electron chi connectivity index (χ4n) is 3.10. The first kappa shape index (κ1) is 22.9. The van der Waals surface area contributed by atoms with E-state index in [0.29, 0.717) is 56.2 Å². The van der Waals surface area contributed by atoms with Crippen LogP contribution in [0.2, 0.25) is 0 Å². The highest BCUT2D eigenvalue weighted by Crippen LogP contribution is 2.41. The predicted molar refractivity (Wildman–Crippen MR) is 122 cm³/mol. The van der Waals surface area contributed by atoms with Gasteiger partial charge in [0.05, 0.1) is 48.9 Å². The lowest BCUT2D eigenvalue weighted by atomic mass is 10.1. The normalized spacial score (nSPS) is 10.8. The van der Waals surface area contributed by atoms with E-state index in [2.05, 4.69) is 15.3 Å². The summed E-state index contributed by atoms with van der Waals surface area (Å²) in [4.78, 5) is 0. The molecule has 0 aliphatic carbocycles. The molecule has 2 aromatic carbocycles. The molecular weight excluding hydrogens is 436 g/mol. The van der Waals surface area contributed by atoms with Crippen molar-refractivity contribution >= 4 is 18.4 Å². The first-order chi connectivity index (χ1) is 15.5. The maximum Gasteiger partial charge on any atom is 0.216 e. The summed E-state index contributed by atoms with van der Waals surface area (Å²) in [5.41, 5.74) is 1.37. The van der Waals surface area contributed by atoms with Gasteiger partial charge in [0.15, 0.2) is 28.8 Å². The Labute approximate surface area is 190 Å². The summed E-state index contributed by atoms with van der Waals surface area (Å²) < 4.78 is 34.2. The first-order valence-electron chi connectivity index (χ1n) is 9.33. The van der Waals surface area contributed by atoms with Gasteiger partial charge in [-0.3, -0.25) is 0 Å². The van der Waals surface area contributed by atoms with E-state index in [1.54, 1.807) is 66.0 Å². The Morgan fingerprint density at radius 1 is 0.781 bits per heavy atom. The summed E-state index contributed by atoms with van der Waals surface area (Å²) in [5, 5.41) is 11.6. The number of rotatable bonds is 9. The van der Waals surface area contributed by atoms with Crippen LogP contribution in [0.15, 0.2) is 29.4 Å². The fraction of sp³-hybridized carbons (Fsp3) is 0.286. The van der Waals surface area contributed by atoms with Crippen molar-refractivity contribution in [1.29, 1.82) is 0 Å². The van der Waals surface area contributed by atoms with Gasteiger partial charge in [0.1, 0.15) is 0 Å². The first-order valence-corrected chi connectivity index (χ1v) is 9.74. The van der Waals surface area contributed by atoms with Crippen molar-refractivity contribution in [3.8, 4) is 45.9 Å². The Kier molecular flexibility index (Phi) is 7.21. The van der Waals surface area contributed by atoms with Gasteiger partial charge in [-0.15, -0.1) is 0 Å². The van der Waals surface area contributed by atoms with Crippen LogP contribution in [-0.2, 0) is 0 Å². The summed E-state index contributed by atoms with van der Waals surface area (Å²) in [5.74, 6) is 3.40. The van der Waals surface area contributed by atoms with Crippen molar-refractivity contribution in [3.63, 3.8) is 0 Å². The Balaban J connectivity index is 2.08. The van der Waals surface area contributed by atoms with Gasteiger partial charge < -0.3 is 28.4 Å². The van der Waals surface area contributed by atoms with Crippen molar-refractivity contribution < 1.29 is 28.4 Å². The molecule has 0 saturated heterocycles. The minimum atomic E-state index is 0.303. The monoisotopic (exact) mass is 460 g/mol. The van der Waals surface area contributed by atoms with E-state index in [1.165, 1.54) is 11.8 Å². The molecule has 11 heteroatoms. The molecule has 1 heterocycles. The Bertz CT molecular complexity index is 1140. The molecule has 1 aromatic heterocycles. The number of nitrogens with zero attached hydrogens (tertiary/aromatic N) is 3. The molecule has 0 bridgehead atoms. The van der Waals surface area contributed by atoms with Crippen LogP contribution >= 0.6 is 12.2 Å². The summed E-state index contributed by atoms with van der Waals surface area (Å²) in [7, 11) is 9.27. The molecule has 0 atom stereocenters. The quantitative estimate of drug-likeness (QED) is 0.382. The van der Waals surface area contributed by atoms with E-state index < -0.39 is 0 Å². The zero-order valence-electron chi connectivity index (χ0n) is 18.6. The minimum absolute atomic E-state index is 0.303. The fourth-order valence-corrected chi connectivity index (χ4v) is 3.28. The molecule has 0 unspecified atom stereocenters. The third-order valence-electron chi connectivity index (χ3n) is 4.58. The lowest BCUT2D eigenvalue weighted by Gasteiger charge is -2.14. The van der Waals surface area contributed by atoms with Gasteiger partial charge in [0, 0.05) is 11.1 Å². The molecule has 0 saturated carbocycles. The summed E-state index contributed by atoms with van der Waals surface area (Å²) in [6.07, 6.45) is 1.61. The molecule has 0 radical (unpaired) electrons. The number of methoxy groups -OCH3 is 6. The van der Waals surface area contributed by atoms with Crippen LogP contribution in [0.3, 0.4) is 0 Å². The Morgan fingerprint density at radius 3 is 1.69 bits per heavy atom. The lowest BCUT2D eigenvalue weighted by Crippen LogP contribution is -2.00. The van der Waals surface area contributed by atoms with Crippen LogP contribution in [-0.4, -0.2) is 63.7 Å². The van der Waals surface area contributed by atoms with Crippen LogP contribution in [0, 0.1) is 4.77 Å². The second-order valence-corrected chi connectivity index (χ2v) is 6.67. The largest absolute Gasteiger partial charge is 0.493 e. The molecule has 1 N–H and O–H groups in total. The molecule has 3 rings (SSSR count). The van der Waals surface area contributed by atoms with E-state index in [1.807, 2.05) is 0 Å². The van der Waals surface area contributed by atoms with Gasteiger partial charge in [0.2, 0.25) is 16.3 Å². The molecule has 0 aliphatic heterocycles. The SMILES string of the molecule is COc1cc(/C=N/n2c(-c3cc(OC)c(OC)c(OC)c3)n[nH]c2=S)cc(OC)c1OC. The van der Waals surface area contributed by atoms with E-state index in [9.17, 15) is 0 Å². The van der Waals surface area contributed by atoms with Crippen molar-refractivity contribution in [3.05, 3.63) is 34.6 Å². The molecule has 0 amide bonds. The zero-order valence-corrected chi connectivity index (χ0v) is 19.4. The smallest absolute Gasteiger partial charge is 0.216 e. The van der Waals surface area contributed by atoms with Gasteiger partial charge in [0.25, 0.3) is 0 Å². The highest BCUT2D eigenvalue weighted by Gasteiger charge is 2.18. The third kappa shape index (κ3) is 4.33. The van der Waals surface area contributed by atoms with Crippen LogP contribution < -0.4 is 28.4 Å². The second kappa shape index (κ2) is 10.1. The maximum atomic E-state index is 5.43. The summed E-state index contributed by atoms with van der Waals surface area (Å²) in [6, 6.07) is 7.07. The molecule has 0 aliphatic rings. The van der Waals surface area contributed by atoms with E-state index in [4.69, 9.17) is 40.6 Å². The molecule has 32 heavy (non-hydrogen) atoms. The van der Waals surface area contributed by atoms with Gasteiger partial charge >= 0.3 is 0 Å². The number of benzene rings is 2. The van der Waals surface area contributed by atoms with Crippen molar-refractivity contribution in [2.45, 2.75) is 0 Å². The van der Waals surface area contributed by atoms with E-state index in [-0.39, 0.29) is 0 Å².